The third-order valence-corrected chi connectivity index (χ3v) is 5.42. The Morgan fingerprint density at radius 1 is 1.03 bits per heavy atom. The molecule has 4 nitrogen and oxygen atoms in total. The average Bonchev–Trinajstić information content (AvgIpc) is 3.22. The highest BCUT2D eigenvalue weighted by Crippen LogP contribution is 2.28. The van der Waals surface area contributed by atoms with E-state index in [1.165, 1.54) is 5.56 Å². The Morgan fingerprint density at radius 2 is 1.73 bits per heavy atom. The molecular formula is C24H25Cl2NO3. The van der Waals surface area contributed by atoms with Gasteiger partial charge in [0.15, 0.2) is 5.76 Å². The number of rotatable bonds is 8. The molecule has 1 amide bonds. The summed E-state index contributed by atoms with van der Waals surface area (Å²) in [6.45, 7) is 6.50. The number of carbonyl (C=O) groups is 1. The maximum atomic E-state index is 12.7. The van der Waals surface area contributed by atoms with E-state index in [0.29, 0.717) is 27.5 Å². The van der Waals surface area contributed by atoms with Gasteiger partial charge in [-0.2, -0.15) is 0 Å². The minimum absolute atomic E-state index is 0.0891. The van der Waals surface area contributed by atoms with Gasteiger partial charge in [-0.15, -0.1) is 0 Å². The predicted octanol–water partition coefficient (Wildman–Crippen LogP) is 7.17. The molecule has 0 bridgehead atoms. The van der Waals surface area contributed by atoms with Gasteiger partial charge in [0.25, 0.3) is 5.91 Å². The summed E-state index contributed by atoms with van der Waals surface area (Å²) in [6.07, 6.45) is 0.775. The lowest BCUT2D eigenvalue weighted by molar-refractivity contribution is 0.0903. The zero-order valence-electron chi connectivity index (χ0n) is 17.2. The van der Waals surface area contributed by atoms with Crippen LogP contribution < -0.4 is 10.1 Å². The number of ether oxygens (including phenoxy) is 1. The molecule has 0 aliphatic carbocycles. The topological polar surface area (TPSA) is 51.5 Å². The highest BCUT2D eigenvalue weighted by Gasteiger charge is 2.17. The summed E-state index contributed by atoms with van der Waals surface area (Å²) >= 11 is 12.1. The summed E-state index contributed by atoms with van der Waals surface area (Å²) in [7, 11) is 0. The van der Waals surface area contributed by atoms with Crippen LogP contribution in [0.1, 0.15) is 66.6 Å². The molecule has 6 heteroatoms. The molecule has 0 unspecified atom stereocenters. The second kappa shape index (κ2) is 10.1. The van der Waals surface area contributed by atoms with E-state index in [-0.39, 0.29) is 24.3 Å². The van der Waals surface area contributed by atoms with Crippen molar-refractivity contribution in [2.45, 2.75) is 45.8 Å². The van der Waals surface area contributed by atoms with E-state index in [1.54, 1.807) is 30.3 Å². The van der Waals surface area contributed by atoms with Gasteiger partial charge in [-0.05, 0) is 47.7 Å². The highest BCUT2D eigenvalue weighted by molar-refractivity contribution is 6.34. The van der Waals surface area contributed by atoms with Gasteiger partial charge in [-0.1, -0.05) is 68.2 Å². The fraction of sp³-hybridized carbons (Fsp3) is 0.292. The zero-order chi connectivity index (χ0) is 21.7. The van der Waals surface area contributed by atoms with Crippen molar-refractivity contribution in [2.75, 3.05) is 0 Å². The number of furan rings is 1. The average molecular weight is 446 g/mol. The van der Waals surface area contributed by atoms with Gasteiger partial charge in [0, 0.05) is 11.1 Å². The molecule has 1 aromatic heterocycles. The van der Waals surface area contributed by atoms with Crippen LogP contribution in [0.25, 0.3) is 0 Å². The monoisotopic (exact) mass is 445 g/mol. The Balaban J connectivity index is 1.62. The first-order valence-corrected chi connectivity index (χ1v) is 10.7. The first kappa shape index (κ1) is 22.3. The molecule has 0 saturated heterocycles. The minimum Gasteiger partial charge on any atom is -0.484 e. The molecule has 1 N–H and O–H groups in total. The molecule has 2 aromatic carbocycles. The molecule has 1 atom stereocenters. The van der Waals surface area contributed by atoms with Crippen molar-refractivity contribution in [3.63, 3.8) is 0 Å². The Hall–Kier alpha value is -2.43. The van der Waals surface area contributed by atoms with Gasteiger partial charge >= 0.3 is 0 Å². The van der Waals surface area contributed by atoms with Crippen molar-refractivity contribution in [1.82, 2.24) is 5.32 Å². The predicted molar refractivity (Wildman–Crippen MR) is 121 cm³/mol. The van der Waals surface area contributed by atoms with E-state index in [9.17, 15) is 4.79 Å². The number of hydrogen-bond donors (Lipinski definition) is 1. The minimum atomic E-state index is -0.262. The smallest absolute Gasteiger partial charge is 0.287 e. The molecule has 0 aliphatic heterocycles. The Labute approximate surface area is 187 Å². The molecule has 0 aliphatic rings. The summed E-state index contributed by atoms with van der Waals surface area (Å²) in [4.78, 5) is 12.7. The quantitative estimate of drug-likeness (QED) is 0.399. The Kier molecular flexibility index (Phi) is 7.46. The lowest BCUT2D eigenvalue weighted by atomic mass is 9.98. The van der Waals surface area contributed by atoms with E-state index in [2.05, 4.69) is 43.4 Å². The van der Waals surface area contributed by atoms with Crippen molar-refractivity contribution in [3.8, 4) is 5.75 Å². The lowest BCUT2D eigenvalue weighted by Gasteiger charge is -2.17. The largest absolute Gasteiger partial charge is 0.484 e. The van der Waals surface area contributed by atoms with Crippen LogP contribution >= 0.6 is 23.2 Å². The van der Waals surface area contributed by atoms with Gasteiger partial charge in [0.1, 0.15) is 18.1 Å². The van der Waals surface area contributed by atoms with E-state index in [4.69, 9.17) is 32.4 Å². The van der Waals surface area contributed by atoms with Gasteiger partial charge in [0.05, 0.1) is 11.1 Å². The second-order valence-electron chi connectivity index (χ2n) is 7.39. The lowest BCUT2D eigenvalue weighted by Crippen LogP contribution is -2.27. The third kappa shape index (κ3) is 5.59. The SMILES string of the molecule is CC[C@@H](NC(=O)c1ccc(COc2cc(Cl)ccc2Cl)o1)c1ccc(C(C)C)cc1. The summed E-state index contributed by atoms with van der Waals surface area (Å²) < 4.78 is 11.3. The molecule has 1 heterocycles. The fourth-order valence-corrected chi connectivity index (χ4v) is 3.41. The molecule has 0 spiro atoms. The maximum Gasteiger partial charge on any atom is 0.287 e. The molecule has 158 valence electrons. The molecule has 0 fully saturated rings. The number of halogens is 2. The standard InChI is InChI=1S/C24H25Cl2NO3/c1-4-21(17-7-5-16(6-8-17)15(2)3)27-24(28)22-12-10-19(30-22)14-29-23-13-18(25)9-11-20(23)26/h5-13,15,21H,4,14H2,1-3H3,(H,27,28)/t21-/m1/s1. The van der Waals surface area contributed by atoms with Gasteiger partial charge in [-0.3, -0.25) is 4.79 Å². The van der Waals surface area contributed by atoms with Crippen molar-refractivity contribution >= 4 is 29.1 Å². The Morgan fingerprint density at radius 3 is 2.40 bits per heavy atom. The van der Waals surface area contributed by atoms with Crippen molar-refractivity contribution in [3.05, 3.63) is 87.3 Å². The Bertz CT molecular complexity index is 996. The van der Waals surface area contributed by atoms with Crippen molar-refractivity contribution < 1.29 is 13.9 Å². The second-order valence-corrected chi connectivity index (χ2v) is 8.23. The first-order valence-electron chi connectivity index (χ1n) is 9.94. The van der Waals surface area contributed by atoms with E-state index < -0.39 is 0 Å². The van der Waals surface area contributed by atoms with Crippen LogP contribution in [-0.2, 0) is 6.61 Å². The number of benzene rings is 2. The molecule has 3 rings (SSSR count). The van der Waals surface area contributed by atoms with Crippen LogP contribution in [-0.4, -0.2) is 5.91 Å². The first-order chi connectivity index (χ1) is 14.4. The van der Waals surface area contributed by atoms with Crippen LogP contribution in [0.3, 0.4) is 0 Å². The van der Waals surface area contributed by atoms with Gasteiger partial charge < -0.3 is 14.5 Å². The number of carbonyl (C=O) groups excluding carboxylic acids is 1. The number of amides is 1. The van der Waals surface area contributed by atoms with Crippen LogP contribution in [0.15, 0.2) is 59.0 Å². The summed E-state index contributed by atoms with van der Waals surface area (Å²) in [6, 6.07) is 16.6. The summed E-state index contributed by atoms with van der Waals surface area (Å²) in [5.74, 6) is 1.43. The van der Waals surface area contributed by atoms with E-state index in [1.807, 2.05) is 6.92 Å². The normalized spacial score (nSPS) is 12.1. The zero-order valence-corrected chi connectivity index (χ0v) is 18.8. The van der Waals surface area contributed by atoms with Crippen LogP contribution in [0, 0.1) is 0 Å². The molecule has 0 saturated carbocycles. The van der Waals surface area contributed by atoms with Crippen LogP contribution in [0.4, 0.5) is 0 Å². The van der Waals surface area contributed by atoms with Crippen LogP contribution in [0.2, 0.25) is 10.0 Å². The number of hydrogen-bond acceptors (Lipinski definition) is 3. The van der Waals surface area contributed by atoms with Gasteiger partial charge in [-0.25, -0.2) is 0 Å². The molecular weight excluding hydrogens is 421 g/mol. The maximum absolute atomic E-state index is 12.7. The van der Waals surface area contributed by atoms with Crippen molar-refractivity contribution in [2.24, 2.45) is 0 Å². The molecule has 0 radical (unpaired) electrons. The van der Waals surface area contributed by atoms with Gasteiger partial charge in [0.2, 0.25) is 0 Å². The highest BCUT2D eigenvalue weighted by atomic mass is 35.5. The summed E-state index contributed by atoms with van der Waals surface area (Å²) in [5.41, 5.74) is 2.34. The summed E-state index contributed by atoms with van der Waals surface area (Å²) in [5, 5.41) is 4.02. The fourth-order valence-electron chi connectivity index (χ4n) is 3.08. The van der Waals surface area contributed by atoms with Crippen molar-refractivity contribution in [1.29, 1.82) is 0 Å². The van der Waals surface area contributed by atoms with E-state index in [0.717, 1.165) is 12.0 Å². The van der Waals surface area contributed by atoms with E-state index >= 15 is 0 Å². The molecule has 3 aromatic rings. The van der Waals surface area contributed by atoms with Crippen LogP contribution in [0.5, 0.6) is 5.75 Å². The molecule has 30 heavy (non-hydrogen) atoms. The number of nitrogens with one attached hydrogen (secondary N) is 1. The third-order valence-electron chi connectivity index (χ3n) is 4.87.